The fraction of sp³-hybridized carbons (Fsp3) is 0.353. The predicted octanol–water partition coefficient (Wildman–Crippen LogP) is 1.94. The minimum atomic E-state index is -3.71. The van der Waals surface area contributed by atoms with Crippen LogP contribution < -0.4 is 5.14 Å². The van der Waals surface area contributed by atoms with Gasteiger partial charge in [-0.1, -0.05) is 23.7 Å². The van der Waals surface area contributed by atoms with Crippen LogP contribution in [0.15, 0.2) is 41.3 Å². The molecule has 2 aromatic rings. The Kier molecular flexibility index (Phi) is 5.99. The largest absolute Gasteiger partial charge is 0.340 e. The third-order valence-electron chi connectivity index (χ3n) is 4.34. The Labute approximate surface area is 162 Å². The summed E-state index contributed by atoms with van der Waals surface area (Å²) in [6, 6.07) is 10.1. The number of rotatable bonds is 5. The summed E-state index contributed by atoms with van der Waals surface area (Å²) in [6.07, 6.45) is 0.255. The van der Waals surface area contributed by atoms with E-state index in [0.29, 0.717) is 13.1 Å². The fourth-order valence-corrected chi connectivity index (χ4v) is 4.54. The van der Waals surface area contributed by atoms with Crippen molar-refractivity contribution in [2.75, 3.05) is 26.2 Å². The molecule has 0 bridgehead atoms. The van der Waals surface area contributed by atoms with Crippen LogP contribution in [0.2, 0.25) is 4.34 Å². The number of primary sulfonamides is 1. The number of sulfonamides is 1. The highest BCUT2D eigenvalue weighted by Gasteiger charge is 2.21. The number of thiophene rings is 1. The Morgan fingerprint density at radius 3 is 2.27 bits per heavy atom. The van der Waals surface area contributed by atoms with Crippen LogP contribution in [0, 0.1) is 0 Å². The van der Waals surface area contributed by atoms with E-state index >= 15 is 0 Å². The summed E-state index contributed by atoms with van der Waals surface area (Å²) < 4.78 is 23.3. The molecule has 1 fully saturated rings. The van der Waals surface area contributed by atoms with Crippen LogP contribution in [0.5, 0.6) is 0 Å². The summed E-state index contributed by atoms with van der Waals surface area (Å²) in [4.78, 5) is 17.9. The molecule has 0 aliphatic carbocycles. The first kappa shape index (κ1) is 19.3. The maximum Gasteiger partial charge on any atom is 0.238 e. The van der Waals surface area contributed by atoms with Crippen LogP contribution in [0.25, 0.3) is 0 Å². The second-order valence-corrected chi connectivity index (χ2v) is 9.59. The molecule has 1 aliphatic rings. The molecular formula is C17H20ClN3O3S2. The Bertz CT molecular complexity index is 873. The quantitative estimate of drug-likeness (QED) is 0.811. The molecule has 0 unspecified atom stereocenters. The van der Waals surface area contributed by atoms with E-state index in [1.54, 1.807) is 23.5 Å². The van der Waals surface area contributed by atoms with E-state index in [9.17, 15) is 13.2 Å². The number of nitrogens with two attached hydrogens (primary N) is 1. The van der Waals surface area contributed by atoms with E-state index in [2.05, 4.69) is 4.90 Å². The third kappa shape index (κ3) is 5.05. The lowest BCUT2D eigenvalue weighted by Gasteiger charge is -2.34. The molecule has 1 aromatic heterocycles. The topological polar surface area (TPSA) is 83.7 Å². The van der Waals surface area contributed by atoms with Crippen LogP contribution in [-0.4, -0.2) is 50.3 Å². The molecule has 1 aliphatic heterocycles. The maximum atomic E-state index is 12.5. The van der Waals surface area contributed by atoms with Crippen molar-refractivity contribution < 1.29 is 13.2 Å². The van der Waals surface area contributed by atoms with Gasteiger partial charge in [0.1, 0.15) is 0 Å². The van der Waals surface area contributed by atoms with Crippen LogP contribution in [-0.2, 0) is 27.8 Å². The molecule has 9 heteroatoms. The summed E-state index contributed by atoms with van der Waals surface area (Å²) in [6.45, 7) is 3.88. The molecule has 0 atom stereocenters. The molecule has 2 N–H and O–H groups in total. The van der Waals surface area contributed by atoms with Crippen molar-refractivity contribution in [3.8, 4) is 0 Å². The number of benzene rings is 1. The normalized spacial score (nSPS) is 16.0. The first-order chi connectivity index (χ1) is 12.3. The number of carbonyl (C=O) groups is 1. The lowest BCUT2D eigenvalue weighted by Crippen LogP contribution is -2.48. The van der Waals surface area contributed by atoms with Crippen LogP contribution in [0.1, 0.15) is 10.4 Å². The van der Waals surface area contributed by atoms with Crippen molar-refractivity contribution in [3.63, 3.8) is 0 Å². The first-order valence-electron chi connectivity index (χ1n) is 8.17. The third-order valence-corrected chi connectivity index (χ3v) is 6.49. The number of hydrogen-bond acceptors (Lipinski definition) is 5. The van der Waals surface area contributed by atoms with Crippen LogP contribution >= 0.6 is 22.9 Å². The highest BCUT2D eigenvalue weighted by molar-refractivity contribution is 7.89. The minimum absolute atomic E-state index is 0.0483. The smallest absolute Gasteiger partial charge is 0.238 e. The van der Waals surface area contributed by atoms with Gasteiger partial charge in [-0.2, -0.15) is 0 Å². The summed E-state index contributed by atoms with van der Waals surface area (Å²) >= 11 is 7.55. The van der Waals surface area contributed by atoms with Crippen molar-refractivity contribution in [2.24, 2.45) is 5.14 Å². The van der Waals surface area contributed by atoms with Gasteiger partial charge >= 0.3 is 0 Å². The minimum Gasteiger partial charge on any atom is -0.340 e. The lowest BCUT2D eigenvalue weighted by atomic mass is 10.1. The van der Waals surface area contributed by atoms with E-state index in [1.165, 1.54) is 17.0 Å². The lowest BCUT2D eigenvalue weighted by molar-refractivity contribution is -0.132. The van der Waals surface area contributed by atoms with E-state index in [1.807, 2.05) is 17.0 Å². The SMILES string of the molecule is NS(=O)(=O)c1ccc(CC(=O)N2CCN(Cc3ccc(Cl)s3)CC2)cc1. The zero-order valence-electron chi connectivity index (χ0n) is 14.1. The number of nitrogens with zero attached hydrogens (tertiary/aromatic N) is 2. The van der Waals surface area contributed by atoms with Crippen LogP contribution in [0.3, 0.4) is 0 Å². The van der Waals surface area contributed by atoms with Crippen LogP contribution in [0.4, 0.5) is 0 Å². The van der Waals surface area contributed by atoms with Gasteiger partial charge < -0.3 is 4.90 Å². The average molecular weight is 414 g/mol. The molecule has 0 radical (unpaired) electrons. The number of amides is 1. The van der Waals surface area contributed by atoms with Crippen molar-refractivity contribution in [1.29, 1.82) is 0 Å². The molecule has 26 heavy (non-hydrogen) atoms. The maximum absolute atomic E-state index is 12.5. The Balaban J connectivity index is 1.50. The summed E-state index contributed by atoms with van der Waals surface area (Å²) in [7, 11) is -3.71. The average Bonchev–Trinajstić information content (AvgIpc) is 3.00. The van der Waals surface area contributed by atoms with E-state index in [4.69, 9.17) is 16.7 Å². The Morgan fingerprint density at radius 2 is 1.73 bits per heavy atom. The second kappa shape index (κ2) is 8.06. The van der Waals surface area contributed by atoms with Gasteiger partial charge in [0, 0.05) is 37.6 Å². The monoisotopic (exact) mass is 413 g/mol. The van der Waals surface area contributed by atoms with Crippen molar-refractivity contribution >= 4 is 38.9 Å². The van der Waals surface area contributed by atoms with Crippen molar-refractivity contribution in [3.05, 3.63) is 51.2 Å². The molecule has 0 spiro atoms. The van der Waals surface area contributed by atoms with Crippen molar-refractivity contribution in [2.45, 2.75) is 17.9 Å². The standard InChI is InChI=1S/C17H20ClN3O3S2/c18-16-6-3-14(25-16)12-20-7-9-21(10-8-20)17(22)11-13-1-4-15(5-2-13)26(19,23)24/h1-6H,7-12H2,(H2,19,23,24). The Hall–Kier alpha value is -1.45. The zero-order chi connectivity index (χ0) is 18.7. The van der Waals surface area contributed by atoms with E-state index < -0.39 is 10.0 Å². The number of hydrogen-bond donors (Lipinski definition) is 1. The molecule has 2 heterocycles. The molecule has 1 saturated heterocycles. The molecule has 140 valence electrons. The van der Waals surface area contributed by atoms with Gasteiger partial charge in [0.05, 0.1) is 15.7 Å². The van der Waals surface area contributed by atoms with Gasteiger partial charge in [-0.15, -0.1) is 11.3 Å². The molecule has 3 rings (SSSR count). The van der Waals surface area contributed by atoms with Gasteiger partial charge in [0.25, 0.3) is 0 Å². The Morgan fingerprint density at radius 1 is 1.08 bits per heavy atom. The summed E-state index contributed by atoms with van der Waals surface area (Å²) in [5, 5.41) is 5.08. The molecule has 6 nitrogen and oxygen atoms in total. The van der Waals surface area contributed by atoms with E-state index in [0.717, 1.165) is 29.5 Å². The highest BCUT2D eigenvalue weighted by Crippen LogP contribution is 2.23. The fourth-order valence-electron chi connectivity index (χ4n) is 2.90. The van der Waals surface area contributed by atoms with Gasteiger partial charge in [-0.3, -0.25) is 9.69 Å². The summed E-state index contributed by atoms with van der Waals surface area (Å²) in [5.41, 5.74) is 0.776. The second-order valence-electron chi connectivity index (χ2n) is 6.23. The van der Waals surface area contributed by atoms with Crippen molar-refractivity contribution in [1.82, 2.24) is 9.80 Å². The highest BCUT2D eigenvalue weighted by atomic mass is 35.5. The summed E-state index contributed by atoms with van der Waals surface area (Å²) in [5.74, 6) is 0.0483. The first-order valence-corrected chi connectivity index (χ1v) is 10.9. The predicted molar refractivity (Wildman–Crippen MR) is 103 cm³/mol. The molecule has 0 saturated carbocycles. The number of piperazine rings is 1. The number of halogens is 1. The molecular weight excluding hydrogens is 394 g/mol. The van der Waals surface area contributed by atoms with Gasteiger partial charge in [0.2, 0.25) is 15.9 Å². The van der Waals surface area contributed by atoms with E-state index in [-0.39, 0.29) is 17.2 Å². The number of carbonyl (C=O) groups excluding carboxylic acids is 1. The van der Waals surface area contributed by atoms with Gasteiger partial charge in [0.15, 0.2) is 0 Å². The van der Waals surface area contributed by atoms with Gasteiger partial charge in [-0.25, -0.2) is 13.6 Å². The molecule has 1 amide bonds. The van der Waals surface area contributed by atoms with Gasteiger partial charge in [-0.05, 0) is 29.8 Å². The zero-order valence-corrected chi connectivity index (χ0v) is 16.5. The molecule has 1 aromatic carbocycles.